The van der Waals surface area contributed by atoms with Crippen molar-refractivity contribution in [3.8, 4) is 11.5 Å². The number of aliphatic imine (C=N–C) groups is 1. The van der Waals surface area contributed by atoms with Gasteiger partial charge in [0, 0.05) is 25.6 Å². The van der Waals surface area contributed by atoms with Crippen LogP contribution in [0, 0.1) is 0 Å². The molecule has 23 heavy (non-hydrogen) atoms. The molecule has 0 atom stereocenters. The standard InChI is InChI=1S/C16H23N5O2/c1-3-14-20-15(23-21-14)13-6-4-12(5-7-13)8-9-18-16(17)19-10-11-22-2/h4-7H,3,8-11H2,1-2H3,(H3,17,18,19). The van der Waals surface area contributed by atoms with Crippen molar-refractivity contribution >= 4 is 5.96 Å². The van der Waals surface area contributed by atoms with Crippen LogP contribution in [0.1, 0.15) is 18.3 Å². The fourth-order valence-electron chi connectivity index (χ4n) is 1.98. The third kappa shape index (κ3) is 5.37. The first-order valence-corrected chi connectivity index (χ1v) is 7.67. The monoisotopic (exact) mass is 317 g/mol. The summed E-state index contributed by atoms with van der Waals surface area (Å²) in [5.74, 6) is 1.72. The van der Waals surface area contributed by atoms with Crippen molar-refractivity contribution in [2.24, 2.45) is 10.7 Å². The molecule has 0 saturated carbocycles. The van der Waals surface area contributed by atoms with Gasteiger partial charge in [-0.1, -0.05) is 24.2 Å². The largest absolute Gasteiger partial charge is 0.383 e. The molecule has 0 aliphatic carbocycles. The van der Waals surface area contributed by atoms with E-state index in [-0.39, 0.29) is 0 Å². The van der Waals surface area contributed by atoms with E-state index in [0.717, 1.165) is 30.8 Å². The van der Waals surface area contributed by atoms with Gasteiger partial charge in [0.2, 0.25) is 0 Å². The van der Waals surface area contributed by atoms with Crippen LogP contribution < -0.4 is 11.1 Å². The maximum Gasteiger partial charge on any atom is 0.257 e. The minimum absolute atomic E-state index is 0.441. The molecule has 0 amide bonds. The van der Waals surface area contributed by atoms with Crippen LogP contribution >= 0.6 is 0 Å². The Kier molecular flexibility index (Phi) is 6.56. The third-order valence-electron chi connectivity index (χ3n) is 3.28. The van der Waals surface area contributed by atoms with Gasteiger partial charge in [-0.15, -0.1) is 0 Å². The normalized spacial score (nSPS) is 11.7. The van der Waals surface area contributed by atoms with Crippen molar-refractivity contribution in [1.82, 2.24) is 15.5 Å². The highest BCUT2D eigenvalue weighted by Crippen LogP contribution is 2.18. The molecular weight excluding hydrogens is 294 g/mol. The highest BCUT2D eigenvalue weighted by atomic mass is 16.5. The van der Waals surface area contributed by atoms with Gasteiger partial charge >= 0.3 is 0 Å². The lowest BCUT2D eigenvalue weighted by atomic mass is 10.1. The molecule has 0 bridgehead atoms. The van der Waals surface area contributed by atoms with E-state index in [1.54, 1.807) is 7.11 Å². The van der Waals surface area contributed by atoms with E-state index in [1.165, 1.54) is 5.56 Å². The molecule has 1 aromatic carbocycles. The molecule has 3 N–H and O–H groups in total. The number of hydrogen-bond acceptors (Lipinski definition) is 5. The number of methoxy groups -OCH3 is 1. The van der Waals surface area contributed by atoms with Gasteiger partial charge < -0.3 is 20.3 Å². The number of ether oxygens (including phenoxy) is 1. The Balaban J connectivity index is 1.82. The molecule has 7 nitrogen and oxygen atoms in total. The molecule has 7 heteroatoms. The fourth-order valence-corrected chi connectivity index (χ4v) is 1.98. The van der Waals surface area contributed by atoms with Crippen LogP contribution in [0.4, 0.5) is 0 Å². The maximum atomic E-state index is 5.75. The fraction of sp³-hybridized carbons (Fsp3) is 0.438. The summed E-state index contributed by atoms with van der Waals surface area (Å²) in [6.07, 6.45) is 1.62. The van der Waals surface area contributed by atoms with E-state index < -0.39 is 0 Å². The number of aromatic nitrogens is 2. The van der Waals surface area contributed by atoms with E-state index in [1.807, 2.05) is 31.2 Å². The highest BCUT2D eigenvalue weighted by Gasteiger charge is 2.07. The number of aryl methyl sites for hydroxylation is 1. The summed E-state index contributed by atoms with van der Waals surface area (Å²) < 4.78 is 10.1. The number of guanidine groups is 1. The third-order valence-corrected chi connectivity index (χ3v) is 3.28. The topological polar surface area (TPSA) is 98.6 Å². The summed E-state index contributed by atoms with van der Waals surface area (Å²) >= 11 is 0. The average Bonchev–Trinajstić information content (AvgIpc) is 3.05. The number of nitrogens with one attached hydrogen (secondary N) is 1. The van der Waals surface area contributed by atoms with Gasteiger partial charge in [-0.05, 0) is 24.1 Å². The van der Waals surface area contributed by atoms with Gasteiger partial charge in [0.05, 0.1) is 13.2 Å². The van der Waals surface area contributed by atoms with Crippen LogP contribution in [0.25, 0.3) is 11.5 Å². The first kappa shape index (κ1) is 17.0. The quantitative estimate of drug-likeness (QED) is 0.434. The molecule has 0 spiro atoms. The molecule has 0 saturated heterocycles. The van der Waals surface area contributed by atoms with Crippen molar-refractivity contribution in [3.05, 3.63) is 35.7 Å². The van der Waals surface area contributed by atoms with E-state index in [0.29, 0.717) is 25.0 Å². The molecule has 2 rings (SSSR count). The van der Waals surface area contributed by atoms with E-state index in [2.05, 4.69) is 20.4 Å². The zero-order chi connectivity index (χ0) is 16.5. The van der Waals surface area contributed by atoms with Crippen molar-refractivity contribution in [3.63, 3.8) is 0 Å². The molecule has 1 aromatic heterocycles. The first-order valence-electron chi connectivity index (χ1n) is 7.67. The number of hydrogen-bond donors (Lipinski definition) is 2. The Hall–Kier alpha value is -2.41. The van der Waals surface area contributed by atoms with Gasteiger partial charge in [0.25, 0.3) is 5.89 Å². The molecular formula is C16H23N5O2. The van der Waals surface area contributed by atoms with Crippen molar-refractivity contribution in [2.75, 3.05) is 26.8 Å². The average molecular weight is 317 g/mol. The van der Waals surface area contributed by atoms with Gasteiger partial charge in [0.15, 0.2) is 11.8 Å². The Morgan fingerprint density at radius 3 is 2.78 bits per heavy atom. The van der Waals surface area contributed by atoms with E-state index in [9.17, 15) is 0 Å². The van der Waals surface area contributed by atoms with Crippen LogP contribution in [0.15, 0.2) is 33.8 Å². The SMILES string of the molecule is CCc1noc(-c2ccc(CCNC(N)=NCCOC)cc2)n1. The molecule has 0 radical (unpaired) electrons. The van der Waals surface area contributed by atoms with E-state index >= 15 is 0 Å². The Morgan fingerprint density at radius 2 is 2.13 bits per heavy atom. The minimum Gasteiger partial charge on any atom is -0.383 e. The number of nitrogens with two attached hydrogens (primary N) is 1. The number of benzene rings is 1. The number of nitrogens with zero attached hydrogens (tertiary/aromatic N) is 3. The summed E-state index contributed by atoms with van der Waals surface area (Å²) in [7, 11) is 1.64. The molecule has 1 heterocycles. The second-order valence-corrected chi connectivity index (χ2v) is 5.00. The van der Waals surface area contributed by atoms with Gasteiger partial charge in [0.1, 0.15) is 0 Å². The second kappa shape index (κ2) is 8.89. The lowest BCUT2D eigenvalue weighted by Crippen LogP contribution is -2.33. The predicted octanol–water partition coefficient (Wildman–Crippen LogP) is 1.39. The van der Waals surface area contributed by atoms with Gasteiger partial charge in [-0.2, -0.15) is 4.98 Å². The molecule has 124 valence electrons. The summed E-state index contributed by atoms with van der Waals surface area (Å²) in [5.41, 5.74) is 7.87. The predicted molar refractivity (Wildman–Crippen MR) is 89.2 cm³/mol. The highest BCUT2D eigenvalue weighted by molar-refractivity contribution is 5.77. The minimum atomic E-state index is 0.441. The summed E-state index contributed by atoms with van der Waals surface area (Å²) in [4.78, 5) is 8.46. The number of rotatable bonds is 8. The van der Waals surface area contributed by atoms with Crippen LogP contribution in [-0.4, -0.2) is 42.9 Å². The van der Waals surface area contributed by atoms with Crippen LogP contribution in [0.2, 0.25) is 0 Å². The van der Waals surface area contributed by atoms with Crippen LogP contribution in [0.5, 0.6) is 0 Å². The van der Waals surface area contributed by atoms with Crippen molar-refractivity contribution in [2.45, 2.75) is 19.8 Å². The zero-order valence-electron chi connectivity index (χ0n) is 13.6. The molecule has 2 aromatic rings. The van der Waals surface area contributed by atoms with Crippen LogP contribution in [0.3, 0.4) is 0 Å². The van der Waals surface area contributed by atoms with Gasteiger partial charge in [-0.3, -0.25) is 4.99 Å². The van der Waals surface area contributed by atoms with Gasteiger partial charge in [-0.25, -0.2) is 0 Å². The Labute approximate surface area is 135 Å². The Morgan fingerprint density at radius 1 is 1.35 bits per heavy atom. The summed E-state index contributed by atoms with van der Waals surface area (Å²) in [5, 5.41) is 6.98. The maximum absolute atomic E-state index is 5.75. The Bertz CT molecular complexity index is 622. The summed E-state index contributed by atoms with van der Waals surface area (Å²) in [6.45, 7) is 3.85. The molecule has 0 aliphatic rings. The molecule has 0 fully saturated rings. The zero-order valence-corrected chi connectivity index (χ0v) is 13.6. The second-order valence-electron chi connectivity index (χ2n) is 5.00. The lowest BCUT2D eigenvalue weighted by molar-refractivity contribution is 0.208. The van der Waals surface area contributed by atoms with Crippen LogP contribution in [-0.2, 0) is 17.6 Å². The lowest BCUT2D eigenvalue weighted by Gasteiger charge is -2.06. The van der Waals surface area contributed by atoms with E-state index in [4.69, 9.17) is 15.0 Å². The smallest absolute Gasteiger partial charge is 0.257 e. The molecule has 0 aliphatic heterocycles. The molecule has 0 unspecified atom stereocenters. The summed E-state index contributed by atoms with van der Waals surface area (Å²) in [6, 6.07) is 8.06. The van der Waals surface area contributed by atoms with Crippen molar-refractivity contribution in [1.29, 1.82) is 0 Å². The van der Waals surface area contributed by atoms with Crippen molar-refractivity contribution < 1.29 is 9.26 Å². The first-order chi connectivity index (χ1) is 11.2.